The second-order valence-corrected chi connectivity index (χ2v) is 9.32. The van der Waals surface area contributed by atoms with Crippen molar-refractivity contribution in [2.24, 2.45) is 11.8 Å². The molecule has 0 amide bonds. The van der Waals surface area contributed by atoms with E-state index in [1.807, 2.05) is 0 Å². The van der Waals surface area contributed by atoms with Crippen molar-refractivity contribution < 1.29 is 27.8 Å². The predicted octanol–water partition coefficient (Wildman–Crippen LogP) is 6.08. The Morgan fingerprint density at radius 1 is 0.970 bits per heavy atom. The van der Waals surface area contributed by atoms with Crippen molar-refractivity contribution in [3.05, 3.63) is 29.3 Å². The molecule has 2 aliphatic carbocycles. The summed E-state index contributed by atoms with van der Waals surface area (Å²) in [6.45, 7) is 3.83. The van der Waals surface area contributed by atoms with Crippen LogP contribution in [0.15, 0.2) is 12.1 Å². The molecule has 2 fully saturated rings. The van der Waals surface area contributed by atoms with Crippen molar-refractivity contribution in [2.75, 3.05) is 13.2 Å². The van der Waals surface area contributed by atoms with Crippen molar-refractivity contribution in [3.63, 3.8) is 0 Å². The summed E-state index contributed by atoms with van der Waals surface area (Å²) in [5, 5.41) is 8.73. The lowest BCUT2D eigenvalue weighted by Gasteiger charge is -2.31. The van der Waals surface area contributed by atoms with Crippen molar-refractivity contribution >= 4 is 5.97 Å². The van der Waals surface area contributed by atoms with E-state index in [4.69, 9.17) is 19.5 Å². The predicted molar refractivity (Wildman–Crippen MR) is 120 cm³/mol. The Morgan fingerprint density at radius 2 is 1.58 bits per heavy atom. The summed E-state index contributed by atoms with van der Waals surface area (Å²) in [5.74, 6) is -2.51. The fourth-order valence-electron chi connectivity index (χ4n) is 4.72. The van der Waals surface area contributed by atoms with Gasteiger partial charge in [0.15, 0.2) is 0 Å². The highest BCUT2D eigenvalue weighted by Gasteiger charge is 2.30. The molecule has 2 aliphatic rings. The van der Waals surface area contributed by atoms with E-state index < -0.39 is 23.2 Å². The van der Waals surface area contributed by atoms with Crippen LogP contribution >= 0.6 is 0 Å². The zero-order valence-corrected chi connectivity index (χ0v) is 19.5. The van der Waals surface area contributed by atoms with Gasteiger partial charge >= 0.3 is 5.97 Å². The zero-order chi connectivity index (χ0) is 23.6. The third-order valence-corrected chi connectivity index (χ3v) is 6.82. The molecule has 0 bridgehead atoms. The molecule has 0 spiro atoms. The van der Waals surface area contributed by atoms with E-state index in [1.165, 1.54) is 18.9 Å². The third-order valence-electron chi connectivity index (χ3n) is 6.82. The average Bonchev–Trinajstić information content (AvgIpc) is 2.81. The molecule has 182 valence electrons. The van der Waals surface area contributed by atoms with Gasteiger partial charge in [0.05, 0.1) is 18.1 Å². The summed E-state index contributed by atoms with van der Waals surface area (Å²) in [6.07, 6.45) is 11.4. The van der Waals surface area contributed by atoms with Gasteiger partial charge in [-0.2, -0.15) is 5.26 Å². The number of halogens is 2. The Bertz CT molecular complexity index is 786. The maximum absolute atomic E-state index is 13.7. The third kappa shape index (κ3) is 7.75. The number of rotatable bonds is 10. The minimum absolute atomic E-state index is 0.141. The average molecular weight is 464 g/mol. The molecule has 0 heterocycles. The Kier molecular flexibility index (Phi) is 10.1. The van der Waals surface area contributed by atoms with Gasteiger partial charge in [0.2, 0.25) is 0 Å². The molecule has 1 aromatic rings. The van der Waals surface area contributed by atoms with Crippen LogP contribution in [0.5, 0.6) is 5.75 Å². The van der Waals surface area contributed by atoms with Crippen LogP contribution in [0.1, 0.15) is 83.1 Å². The Labute approximate surface area is 195 Å². The summed E-state index contributed by atoms with van der Waals surface area (Å²) in [6, 6.07) is 3.20. The summed E-state index contributed by atoms with van der Waals surface area (Å²) < 4.78 is 44.8. The lowest BCUT2D eigenvalue weighted by Crippen LogP contribution is -2.31. The molecular formula is C26H35F2NO4. The highest BCUT2D eigenvalue weighted by Crippen LogP contribution is 2.31. The fraction of sp³-hybridized carbons (Fsp3) is 0.692. The molecule has 0 N–H and O–H groups in total. The largest absolute Gasteiger partial charge is 0.426 e. The van der Waals surface area contributed by atoms with Crippen LogP contribution in [0.25, 0.3) is 0 Å². The molecule has 0 aromatic heterocycles. The summed E-state index contributed by atoms with van der Waals surface area (Å²) in [5.41, 5.74) is -0.680. The highest BCUT2D eigenvalue weighted by molar-refractivity contribution is 5.75. The van der Waals surface area contributed by atoms with Crippen LogP contribution in [0.3, 0.4) is 0 Å². The summed E-state index contributed by atoms with van der Waals surface area (Å²) >= 11 is 0. The van der Waals surface area contributed by atoms with E-state index in [2.05, 4.69) is 6.92 Å². The molecule has 7 heteroatoms. The van der Waals surface area contributed by atoms with E-state index >= 15 is 0 Å². The maximum Gasteiger partial charge on any atom is 0.314 e. The first-order valence-corrected chi connectivity index (χ1v) is 12.3. The van der Waals surface area contributed by atoms with Gasteiger partial charge < -0.3 is 14.2 Å². The van der Waals surface area contributed by atoms with Crippen LogP contribution in [-0.2, 0) is 14.3 Å². The fourth-order valence-corrected chi connectivity index (χ4v) is 4.72. The molecule has 1 aromatic carbocycles. The number of nitriles is 1. The van der Waals surface area contributed by atoms with E-state index in [9.17, 15) is 13.6 Å². The van der Waals surface area contributed by atoms with Crippen LogP contribution in [-0.4, -0.2) is 31.4 Å². The first kappa shape index (κ1) is 25.6. The zero-order valence-electron chi connectivity index (χ0n) is 19.5. The Balaban J connectivity index is 1.33. The highest BCUT2D eigenvalue weighted by atomic mass is 19.1. The SMILES string of the molecule is CCCCCOC1CCC(COC2CCC(C(=O)Oc3cc(F)c(C#N)c(F)c3)CC2)CC1. The standard InChI is InChI=1S/C26H35F2NO4/c1-2-3-4-13-31-20-9-5-18(6-10-20)17-32-21-11-7-19(8-12-21)26(30)33-22-14-24(27)23(16-29)25(28)15-22/h14-15,18-21H,2-13,17H2,1H3. The smallest absolute Gasteiger partial charge is 0.314 e. The van der Waals surface area contributed by atoms with Gasteiger partial charge in [-0.25, -0.2) is 8.78 Å². The normalized spacial score (nSPS) is 25.4. The lowest BCUT2D eigenvalue weighted by molar-refractivity contribution is -0.141. The van der Waals surface area contributed by atoms with E-state index in [1.54, 1.807) is 0 Å². The topological polar surface area (TPSA) is 68.6 Å². The maximum atomic E-state index is 13.7. The van der Waals surface area contributed by atoms with E-state index in [-0.39, 0.29) is 17.8 Å². The molecular weight excluding hydrogens is 428 g/mol. The Hall–Kier alpha value is -2.04. The van der Waals surface area contributed by atoms with E-state index in [0.29, 0.717) is 24.9 Å². The molecule has 0 saturated heterocycles. The molecule has 0 atom stereocenters. The van der Waals surface area contributed by atoms with Crippen molar-refractivity contribution in [1.82, 2.24) is 0 Å². The molecule has 33 heavy (non-hydrogen) atoms. The monoisotopic (exact) mass is 463 g/mol. The molecule has 0 aliphatic heterocycles. The van der Waals surface area contributed by atoms with Crippen LogP contribution in [0.2, 0.25) is 0 Å². The van der Waals surface area contributed by atoms with E-state index in [0.717, 1.165) is 70.3 Å². The number of nitrogens with zero attached hydrogens (tertiary/aromatic N) is 1. The van der Waals surface area contributed by atoms with Crippen LogP contribution in [0, 0.1) is 34.8 Å². The van der Waals surface area contributed by atoms with Gasteiger partial charge in [-0.15, -0.1) is 0 Å². The van der Waals surface area contributed by atoms with Gasteiger partial charge in [-0.05, 0) is 63.7 Å². The van der Waals surface area contributed by atoms with Gasteiger partial charge in [0, 0.05) is 25.3 Å². The number of hydrogen-bond donors (Lipinski definition) is 0. The van der Waals surface area contributed by atoms with Crippen LogP contribution in [0.4, 0.5) is 8.78 Å². The lowest BCUT2D eigenvalue weighted by atomic mass is 9.86. The minimum Gasteiger partial charge on any atom is -0.426 e. The quantitative estimate of drug-likeness (QED) is 0.239. The minimum atomic E-state index is -1.03. The van der Waals surface area contributed by atoms with Gasteiger partial charge in [-0.3, -0.25) is 4.79 Å². The number of esters is 1. The van der Waals surface area contributed by atoms with Crippen LogP contribution < -0.4 is 4.74 Å². The summed E-state index contributed by atoms with van der Waals surface area (Å²) in [7, 11) is 0. The number of carbonyl (C=O) groups excluding carboxylic acids is 1. The van der Waals surface area contributed by atoms with Crippen molar-refractivity contribution in [2.45, 2.75) is 89.8 Å². The second-order valence-electron chi connectivity index (χ2n) is 9.32. The molecule has 5 nitrogen and oxygen atoms in total. The number of carbonyl (C=O) groups is 1. The van der Waals surface area contributed by atoms with Crippen molar-refractivity contribution in [1.29, 1.82) is 5.26 Å². The number of hydrogen-bond acceptors (Lipinski definition) is 5. The van der Waals surface area contributed by atoms with Crippen molar-refractivity contribution in [3.8, 4) is 11.8 Å². The van der Waals surface area contributed by atoms with Gasteiger partial charge in [-0.1, -0.05) is 19.8 Å². The summed E-state index contributed by atoms with van der Waals surface area (Å²) in [4.78, 5) is 12.4. The Morgan fingerprint density at radius 3 is 2.18 bits per heavy atom. The molecule has 2 saturated carbocycles. The van der Waals surface area contributed by atoms with Gasteiger partial charge in [0.25, 0.3) is 0 Å². The number of benzene rings is 1. The first-order chi connectivity index (χ1) is 16.0. The number of ether oxygens (including phenoxy) is 3. The molecule has 3 rings (SSSR count). The first-order valence-electron chi connectivity index (χ1n) is 12.3. The molecule has 0 unspecified atom stereocenters. The second kappa shape index (κ2) is 13.0. The van der Waals surface area contributed by atoms with Gasteiger partial charge in [0.1, 0.15) is 29.0 Å². The molecule has 0 radical (unpaired) electrons. The number of unbranched alkanes of at least 4 members (excludes halogenated alkanes) is 2.